The van der Waals surface area contributed by atoms with Gasteiger partial charge in [-0.15, -0.1) is 0 Å². The Hall–Kier alpha value is -3.46. The fourth-order valence-corrected chi connectivity index (χ4v) is 2.20. The van der Waals surface area contributed by atoms with Gasteiger partial charge in [-0.05, 0) is 23.8 Å². The van der Waals surface area contributed by atoms with Gasteiger partial charge in [0.15, 0.2) is 5.82 Å². The molecule has 1 N–H and O–H groups in total. The first-order valence-electron chi connectivity index (χ1n) is 7.38. The van der Waals surface area contributed by atoms with E-state index in [9.17, 15) is 4.79 Å². The molecule has 24 heavy (non-hydrogen) atoms. The summed E-state index contributed by atoms with van der Waals surface area (Å²) in [6.07, 6.45) is 0.548. The van der Waals surface area contributed by atoms with Crippen molar-refractivity contribution < 1.29 is 9.32 Å². The van der Waals surface area contributed by atoms with Crippen LogP contribution >= 0.6 is 0 Å². The van der Waals surface area contributed by atoms with E-state index in [1.807, 2.05) is 36.4 Å². The molecule has 6 nitrogen and oxygen atoms in total. The van der Waals surface area contributed by atoms with Crippen LogP contribution < -0.4 is 5.32 Å². The zero-order valence-corrected chi connectivity index (χ0v) is 12.8. The molecule has 0 aliphatic heterocycles. The molecule has 3 rings (SSSR count). The monoisotopic (exact) mass is 318 g/mol. The largest absolute Gasteiger partial charge is 0.345 e. The van der Waals surface area contributed by atoms with Gasteiger partial charge < -0.3 is 9.84 Å². The SMILES string of the molecule is N#Cc1cccc(C(=O)NCc2noc(Cc3ccccc3)n2)c1. The number of aromatic nitrogens is 2. The third-order valence-electron chi connectivity index (χ3n) is 3.37. The second-order valence-corrected chi connectivity index (χ2v) is 5.14. The number of amides is 1. The van der Waals surface area contributed by atoms with Gasteiger partial charge in [-0.2, -0.15) is 10.2 Å². The summed E-state index contributed by atoms with van der Waals surface area (Å²) in [4.78, 5) is 16.3. The van der Waals surface area contributed by atoms with E-state index in [0.717, 1.165) is 5.56 Å². The van der Waals surface area contributed by atoms with Gasteiger partial charge in [0.1, 0.15) is 0 Å². The third-order valence-corrected chi connectivity index (χ3v) is 3.37. The van der Waals surface area contributed by atoms with E-state index in [0.29, 0.717) is 29.3 Å². The van der Waals surface area contributed by atoms with Crippen molar-refractivity contribution in [1.82, 2.24) is 15.5 Å². The number of nitrogens with zero attached hydrogens (tertiary/aromatic N) is 3. The standard InChI is InChI=1S/C18H14N4O2/c19-11-14-7-4-8-15(9-14)18(23)20-12-16-21-17(24-22-16)10-13-5-2-1-3-6-13/h1-9H,10,12H2,(H,20,23). The maximum Gasteiger partial charge on any atom is 0.251 e. The first kappa shape index (κ1) is 15.4. The Balaban J connectivity index is 1.59. The van der Waals surface area contributed by atoms with E-state index >= 15 is 0 Å². The van der Waals surface area contributed by atoms with Crippen LogP contribution in [0.5, 0.6) is 0 Å². The molecule has 1 amide bonds. The highest BCUT2D eigenvalue weighted by molar-refractivity contribution is 5.94. The average molecular weight is 318 g/mol. The molecule has 1 aromatic heterocycles. The lowest BCUT2D eigenvalue weighted by Gasteiger charge is -2.02. The summed E-state index contributed by atoms with van der Waals surface area (Å²) in [5.74, 6) is 0.615. The van der Waals surface area contributed by atoms with Crippen LogP contribution in [-0.2, 0) is 13.0 Å². The fourth-order valence-electron chi connectivity index (χ4n) is 2.20. The molecule has 0 aliphatic carbocycles. The molecular weight excluding hydrogens is 304 g/mol. The lowest BCUT2D eigenvalue weighted by Crippen LogP contribution is -2.23. The maximum absolute atomic E-state index is 12.1. The van der Waals surface area contributed by atoms with Gasteiger partial charge in [-0.1, -0.05) is 41.6 Å². The maximum atomic E-state index is 12.1. The molecule has 2 aromatic carbocycles. The molecule has 0 fully saturated rings. The predicted molar refractivity (Wildman–Crippen MR) is 85.9 cm³/mol. The number of carbonyl (C=O) groups is 1. The Labute approximate surface area is 138 Å². The lowest BCUT2D eigenvalue weighted by atomic mass is 10.1. The van der Waals surface area contributed by atoms with Crippen LogP contribution in [0.4, 0.5) is 0 Å². The van der Waals surface area contributed by atoms with Gasteiger partial charge >= 0.3 is 0 Å². The van der Waals surface area contributed by atoms with Gasteiger partial charge in [0.2, 0.25) is 5.89 Å². The summed E-state index contributed by atoms with van der Waals surface area (Å²) < 4.78 is 5.19. The molecule has 0 bridgehead atoms. The first-order chi connectivity index (χ1) is 11.7. The number of rotatable bonds is 5. The number of nitriles is 1. The zero-order chi connectivity index (χ0) is 16.8. The van der Waals surface area contributed by atoms with Gasteiger partial charge in [-0.3, -0.25) is 4.79 Å². The molecule has 0 saturated heterocycles. The third kappa shape index (κ3) is 3.84. The Morgan fingerprint density at radius 1 is 1.17 bits per heavy atom. The van der Waals surface area contributed by atoms with E-state index in [1.54, 1.807) is 18.2 Å². The fraction of sp³-hybridized carbons (Fsp3) is 0.111. The van der Waals surface area contributed by atoms with E-state index < -0.39 is 0 Å². The Bertz CT molecular complexity index is 881. The van der Waals surface area contributed by atoms with Crippen LogP contribution in [0.25, 0.3) is 0 Å². The minimum atomic E-state index is -0.290. The predicted octanol–water partition coefficient (Wildman–Crippen LogP) is 2.46. The number of hydrogen-bond donors (Lipinski definition) is 1. The van der Waals surface area contributed by atoms with Crippen LogP contribution in [0.2, 0.25) is 0 Å². The molecule has 1 heterocycles. The summed E-state index contributed by atoms with van der Waals surface area (Å²) in [6, 6.07) is 18.3. The van der Waals surface area contributed by atoms with Crippen molar-refractivity contribution in [1.29, 1.82) is 5.26 Å². The van der Waals surface area contributed by atoms with Crippen LogP contribution in [-0.4, -0.2) is 16.0 Å². The molecular formula is C18H14N4O2. The van der Waals surface area contributed by atoms with Crippen molar-refractivity contribution in [2.24, 2.45) is 0 Å². The number of carbonyl (C=O) groups excluding carboxylic acids is 1. The van der Waals surface area contributed by atoms with Crippen LogP contribution in [0, 0.1) is 11.3 Å². The van der Waals surface area contributed by atoms with Crippen LogP contribution in [0.3, 0.4) is 0 Å². The number of hydrogen-bond acceptors (Lipinski definition) is 5. The summed E-state index contributed by atoms with van der Waals surface area (Å²) >= 11 is 0. The lowest BCUT2D eigenvalue weighted by molar-refractivity contribution is 0.0949. The van der Waals surface area contributed by atoms with E-state index in [1.165, 1.54) is 6.07 Å². The Kier molecular flexibility index (Phi) is 4.63. The van der Waals surface area contributed by atoms with E-state index in [2.05, 4.69) is 15.5 Å². The van der Waals surface area contributed by atoms with Crippen molar-refractivity contribution >= 4 is 5.91 Å². The number of nitrogens with one attached hydrogen (secondary N) is 1. The smallest absolute Gasteiger partial charge is 0.251 e. The van der Waals surface area contributed by atoms with Crippen molar-refractivity contribution in [3.05, 3.63) is 83.0 Å². The Morgan fingerprint density at radius 3 is 2.79 bits per heavy atom. The summed E-state index contributed by atoms with van der Waals surface area (Å²) in [5.41, 5.74) is 1.93. The molecule has 0 spiro atoms. The van der Waals surface area contributed by atoms with E-state index in [-0.39, 0.29) is 12.5 Å². The average Bonchev–Trinajstić information content (AvgIpc) is 3.08. The zero-order valence-electron chi connectivity index (χ0n) is 12.8. The topological polar surface area (TPSA) is 91.8 Å². The molecule has 6 heteroatoms. The second kappa shape index (κ2) is 7.20. The minimum Gasteiger partial charge on any atom is -0.345 e. The summed E-state index contributed by atoms with van der Waals surface area (Å²) in [6.45, 7) is 0.161. The number of benzene rings is 2. The molecule has 0 unspecified atom stereocenters. The first-order valence-corrected chi connectivity index (χ1v) is 7.38. The highest BCUT2D eigenvalue weighted by Gasteiger charge is 2.10. The van der Waals surface area contributed by atoms with E-state index in [4.69, 9.17) is 9.78 Å². The van der Waals surface area contributed by atoms with Gasteiger partial charge in [0.25, 0.3) is 5.91 Å². The highest BCUT2D eigenvalue weighted by atomic mass is 16.5. The molecule has 0 atom stereocenters. The Morgan fingerprint density at radius 2 is 2.00 bits per heavy atom. The van der Waals surface area contributed by atoms with Crippen LogP contribution in [0.15, 0.2) is 59.1 Å². The minimum absolute atomic E-state index is 0.161. The molecule has 0 saturated carbocycles. The van der Waals surface area contributed by atoms with Crippen molar-refractivity contribution in [2.45, 2.75) is 13.0 Å². The van der Waals surface area contributed by atoms with Crippen molar-refractivity contribution in [3.8, 4) is 6.07 Å². The molecule has 3 aromatic rings. The van der Waals surface area contributed by atoms with Gasteiger partial charge in [0.05, 0.1) is 24.6 Å². The van der Waals surface area contributed by atoms with Gasteiger partial charge in [-0.25, -0.2) is 0 Å². The quantitative estimate of drug-likeness (QED) is 0.780. The molecule has 118 valence electrons. The molecule has 0 radical (unpaired) electrons. The van der Waals surface area contributed by atoms with Crippen LogP contribution in [0.1, 0.15) is 33.2 Å². The van der Waals surface area contributed by atoms with Crippen molar-refractivity contribution in [3.63, 3.8) is 0 Å². The van der Waals surface area contributed by atoms with Gasteiger partial charge in [0, 0.05) is 5.56 Å². The summed E-state index contributed by atoms with van der Waals surface area (Å²) in [5, 5.41) is 15.4. The van der Waals surface area contributed by atoms with Crippen molar-refractivity contribution in [2.75, 3.05) is 0 Å². The highest BCUT2D eigenvalue weighted by Crippen LogP contribution is 2.08. The summed E-state index contributed by atoms with van der Waals surface area (Å²) in [7, 11) is 0. The normalized spacial score (nSPS) is 10.1. The second-order valence-electron chi connectivity index (χ2n) is 5.14. The molecule has 0 aliphatic rings.